The molecule has 2 saturated heterocycles. The Morgan fingerprint density at radius 2 is 2.12 bits per heavy atom. The number of piperidine rings is 1. The summed E-state index contributed by atoms with van der Waals surface area (Å²) in [6, 6.07) is 2.05. The highest BCUT2D eigenvalue weighted by Gasteiger charge is 2.53. The first-order chi connectivity index (χ1) is 12.1. The molecule has 5 heteroatoms. The second-order valence-corrected chi connectivity index (χ2v) is 9.14. The molecular weight excluding hydrogens is 332 g/mol. The van der Waals surface area contributed by atoms with Crippen LogP contribution >= 0.6 is 11.3 Å². The number of thiophene rings is 1. The van der Waals surface area contributed by atoms with E-state index in [0.29, 0.717) is 5.92 Å². The average Bonchev–Trinajstić information content (AvgIpc) is 3.29. The molecule has 1 amide bonds. The fraction of sp³-hybridized carbons (Fsp3) is 0.750. The Hall–Kier alpha value is -0.910. The molecule has 138 valence electrons. The van der Waals surface area contributed by atoms with Crippen LogP contribution in [0, 0.1) is 18.8 Å². The van der Waals surface area contributed by atoms with E-state index in [1.165, 1.54) is 38.8 Å². The highest BCUT2D eigenvalue weighted by molar-refractivity contribution is 7.12. The molecular formula is C20H30N2O2S. The largest absolute Gasteiger partial charge is 0.381 e. The number of carbonyl (C=O) groups is 1. The number of aryl methyl sites for hydroxylation is 1. The van der Waals surface area contributed by atoms with Crippen molar-refractivity contribution < 1.29 is 9.53 Å². The minimum absolute atomic E-state index is 0.212. The number of hydrogen-bond acceptors (Lipinski definition) is 4. The SMILES string of the molecule is CCOC[C@@H]1CCN(CC2CC2)C2(C1)CN(C(=O)c1sccc1C)C2. The van der Waals surface area contributed by atoms with E-state index in [9.17, 15) is 4.79 Å². The summed E-state index contributed by atoms with van der Waals surface area (Å²) < 4.78 is 5.72. The van der Waals surface area contributed by atoms with E-state index in [-0.39, 0.29) is 11.4 Å². The maximum atomic E-state index is 12.8. The van der Waals surface area contributed by atoms with Gasteiger partial charge in [0.05, 0.1) is 10.4 Å². The van der Waals surface area contributed by atoms with Gasteiger partial charge in [-0.2, -0.15) is 0 Å². The molecule has 1 spiro atoms. The highest BCUT2D eigenvalue weighted by atomic mass is 32.1. The molecule has 4 nitrogen and oxygen atoms in total. The summed E-state index contributed by atoms with van der Waals surface area (Å²) in [5.74, 6) is 1.79. The van der Waals surface area contributed by atoms with E-state index < -0.39 is 0 Å². The quantitative estimate of drug-likeness (QED) is 0.777. The van der Waals surface area contributed by atoms with Crippen molar-refractivity contribution in [1.29, 1.82) is 0 Å². The lowest BCUT2D eigenvalue weighted by Gasteiger charge is -2.59. The number of rotatable bonds is 6. The third-order valence-electron chi connectivity index (χ3n) is 6.19. The molecule has 3 heterocycles. The van der Waals surface area contributed by atoms with Gasteiger partial charge >= 0.3 is 0 Å². The predicted octanol–water partition coefficient (Wildman–Crippen LogP) is 3.41. The lowest BCUT2D eigenvalue weighted by Crippen LogP contribution is -2.73. The fourth-order valence-electron chi connectivity index (χ4n) is 4.54. The van der Waals surface area contributed by atoms with Crippen molar-refractivity contribution in [1.82, 2.24) is 9.80 Å². The van der Waals surface area contributed by atoms with Gasteiger partial charge in [-0.3, -0.25) is 9.69 Å². The van der Waals surface area contributed by atoms with Gasteiger partial charge in [0.25, 0.3) is 5.91 Å². The first-order valence-electron chi connectivity index (χ1n) is 9.77. The van der Waals surface area contributed by atoms with Crippen LogP contribution in [-0.4, -0.2) is 60.6 Å². The minimum Gasteiger partial charge on any atom is -0.381 e. The molecule has 25 heavy (non-hydrogen) atoms. The summed E-state index contributed by atoms with van der Waals surface area (Å²) in [6.07, 6.45) is 5.22. The Bertz CT molecular complexity index is 619. The number of carbonyl (C=O) groups excluding carboxylic acids is 1. The van der Waals surface area contributed by atoms with Crippen LogP contribution in [0.2, 0.25) is 0 Å². The zero-order valence-corrected chi connectivity index (χ0v) is 16.3. The van der Waals surface area contributed by atoms with Crippen molar-refractivity contribution in [3.8, 4) is 0 Å². The molecule has 3 aliphatic rings. The zero-order chi connectivity index (χ0) is 17.4. The van der Waals surface area contributed by atoms with Gasteiger partial charge in [0.1, 0.15) is 0 Å². The number of likely N-dealkylation sites (tertiary alicyclic amines) is 2. The minimum atomic E-state index is 0.212. The Morgan fingerprint density at radius 1 is 1.32 bits per heavy atom. The van der Waals surface area contributed by atoms with E-state index in [0.717, 1.165) is 42.7 Å². The number of ether oxygens (including phenoxy) is 1. The van der Waals surface area contributed by atoms with Crippen molar-refractivity contribution in [2.75, 3.05) is 39.4 Å². The summed E-state index contributed by atoms with van der Waals surface area (Å²) in [4.78, 5) is 18.5. The van der Waals surface area contributed by atoms with E-state index in [2.05, 4.69) is 16.7 Å². The van der Waals surface area contributed by atoms with Crippen molar-refractivity contribution in [3.05, 3.63) is 21.9 Å². The van der Waals surface area contributed by atoms with Gasteiger partial charge < -0.3 is 9.64 Å². The Morgan fingerprint density at radius 3 is 2.76 bits per heavy atom. The van der Waals surface area contributed by atoms with Gasteiger partial charge in [-0.05, 0) is 74.9 Å². The van der Waals surface area contributed by atoms with E-state index in [1.807, 2.05) is 18.4 Å². The molecule has 0 unspecified atom stereocenters. The molecule has 1 saturated carbocycles. The Balaban J connectivity index is 1.43. The second kappa shape index (κ2) is 7.01. The molecule has 1 aromatic rings. The maximum absolute atomic E-state index is 12.8. The van der Waals surface area contributed by atoms with E-state index in [1.54, 1.807) is 11.3 Å². The molecule has 1 atom stereocenters. The van der Waals surface area contributed by atoms with Gasteiger partial charge in [-0.15, -0.1) is 11.3 Å². The lowest BCUT2D eigenvalue weighted by atomic mass is 9.74. The number of hydrogen-bond donors (Lipinski definition) is 0. The van der Waals surface area contributed by atoms with E-state index >= 15 is 0 Å². The predicted molar refractivity (Wildman–Crippen MR) is 101 cm³/mol. The van der Waals surface area contributed by atoms with Crippen molar-refractivity contribution >= 4 is 17.2 Å². The van der Waals surface area contributed by atoms with Crippen molar-refractivity contribution in [2.24, 2.45) is 11.8 Å². The molecule has 0 radical (unpaired) electrons. The molecule has 0 N–H and O–H groups in total. The van der Waals surface area contributed by atoms with Crippen LogP contribution in [0.1, 0.15) is 47.8 Å². The van der Waals surface area contributed by atoms with Crippen LogP contribution in [0.4, 0.5) is 0 Å². The summed E-state index contributed by atoms with van der Waals surface area (Å²) in [7, 11) is 0. The monoisotopic (exact) mass is 362 g/mol. The van der Waals surface area contributed by atoms with Crippen molar-refractivity contribution in [2.45, 2.75) is 45.1 Å². The standard InChI is InChI=1S/C20H30N2O2S/c1-3-24-12-17-6-8-22(11-16-4-5-16)20(10-17)13-21(14-20)19(23)18-15(2)7-9-25-18/h7,9,16-17H,3-6,8,10-14H2,1-2H3/t17-/m1/s1. The summed E-state index contributed by atoms with van der Waals surface area (Å²) >= 11 is 1.58. The van der Waals surface area contributed by atoms with Gasteiger partial charge in [0, 0.05) is 32.8 Å². The lowest BCUT2D eigenvalue weighted by molar-refractivity contribution is -0.0886. The molecule has 2 aliphatic heterocycles. The summed E-state index contributed by atoms with van der Waals surface area (Å²) in [6.45, 7) is 10.0. The van der Waals surface area contributed by atoms with Crippen molar-refractivity contribution in [3.63, 3.8) is 0 Å². The van der Waals surface area contributed by atoms with Gasteiger partial charge in [0.15, 0.2) is 0 Å². The smallest absolute Gasteiger partial charge is 0.264 e. The third kappa shape index (κ3) is 3.51. The van der Waals surface area contributed by atoms with Gasteiger partial charge in [-0.25, -0.2) is 0 Å². The molecule has 0 aromatic carbocycles. The highest BCUT2D eigenvalue weighted by Crippen LogP contribution is 2.43. The maximum Gasteiger partial charge on any atom is 0.264 e. The van der Waals surface area contributed by atoms with Crippen LogP contribution in [0.15, 0.2) is 11.4 Å². The van der Waals surface area contributed by atoms with Gasteiger partial charge in [-0.1, -0.05) is 0 Å². The molecule has 3 fully saturated rings. The first kappa shape index (κ1) is 17.5. The first-order valence-corrected chi connectivity index (χ1v) is 10.7. The van der Waals surface area contributed by atoms with Crippen LogP contribution in [0.5, 0.6) is 0 Å². The average molecular weight is 363 g/mol. The van der Waals surface area contributed by atoms with Gasteiger partial charge in [0.2, 0.25) is 0 Å². The van der Waals surface area contributed by atoms with Crippen LogP contribution < -0.4 is 0 Å². The second-order valence-electron chi connectivity index (χ2n) is 8.23. The third-order valence-corrected chi connectivity index (χ3v) is 7.20. The zero-order valence-electron chi connectivity index (χ0n) is 15.5. The molecule has 1 aromatic heterocycles. The summed E-state index contributed by atoms with van der Waals surface area (Å²) in [5, 5.41) is 2.02. The summed E-state index contributed by atoms with van der Waals surface area (Å²) in [5.41, 5.74) is 1.33. The number of nitrogens with zero attached hydrogens (tertiary/aromatic N) is 2. The number of amides is 1. The van der Waals surface area contributed by atoms with Crippen LogP contribution in [-0.2, 0) is 4.74 Å². The van der Waals surface area contributed by atoms with E-state index in [4.69, 9.17) is 4.74 Å². The van der Waals surface area contributed by atoms with Crippen LogP contribution in [0.3, 0.4) is 0 Å². The Kier molecular flexibility index (Phi) is 4.91. The topological polar surface area (TPSA) is 32.8 Å². The van der Waals surface area contributed by atoms with Crippen LogP contribution in [0.25, 0.3) is 0 Å². The normalized spacial score (nSPS) is 26.0. The molecule has 0 bridgehead atoms. The fourth-order valence-corrected chi connectivity index (χ4v) is 5.43. The molecule has 1 aliphatic carbocycles. The molecule has 4 rings (SSSR count). The Labute approximate surface area is 155 Å².